The van der Waals surface area contributed by atoms with Crippen molar-refractivity contribution in [2.75, 3.05) is 32.2 Å². The van der Waals surface area contributed by atoms with E-state index in [0.717, 1.165) is 9.82 Å². The molecule has 1 N–H and O–H groups in total. The summed E-state index contributed by atoms with van der Waals surface area (Å²) in [5, 5.41) is 0.909. The maximum Gasteiger partial charge on any atom is 0.338 e. The van der Waals surface area contributed by atoms with E-state index >= 15 is 0 Å². The molecule has 3 aromatic carbocycles. The van der Waals surface area contributed by atoms with Gasteiger partial charge < -0.3 is 19.2 Å². The van der Waals surface area contributed by atoms with Crippen LogP contribution >= 0.6 is 11.6 Å². The van der Waals surface area contributed by atoms with Crippen LogP contribution < -0.4 is 13.8 Å². The molecule has 0 radical (unpaired) electrons. The number of halogens is 1. The number of anilines is 1. The highest BCUT2D eigenvalue weighted by Crippen LogP contribution is 2.39. The molecule has 4 aromatic rings. The fourth-order valence-corrected chi connectivity index (χ4v) is 5.24. The number of rotatable bonds is 9. The highest BCUT2D eigenvalue weighted by molar-refractivity contribution is 7.92. The Balaban J connectivity index is 1.54. The highest BCUT2D eigenvalue weighted by Gasteiger charge is 2.26. The number of methoxy groups -OCH3 is 2. The Morgan fingerprint density at radius 2 is 1.70 bits per heavy atom. The number of carbonyl (C=O) groups excluding carboxylic acids is 2. The van der Waals surface area contributed by atoms with Gasteiger partial charge in [-0.15, -0.1) is 0 Å². The maximum atomic E-state index is 13.4. The van der Waals surface area contributed by atoms with Crippen molar-refractivity contribution in [3.05, 3.63) is 83.0 Å². The van der Waals surface area contributed by atoms with Crippen molar-refractivity contribution in [2.45, 2.75) is 4.90 Å². The number of aromatic amines is 1. The van der Waals surface area contributed by atoms with Crippen molar-refractivity contribution in [2.24, 2.45) is 0 Å². The van der Waals surface area contributed by atoms with Gasteiger partial charge in [-0.3, -0.25) is 9.10 Å². The largest absolute Gasteiger partial charge is 0.495 e. The van der Waals surface area contributed by atoms with Gasteiger partial charge in [0.2, 0.25) is 5.78 Å². The van der Waals surface area contributed by atoms with Gasteiger partial charge >= 0.3 is 5.97 Å². The van der Waals surface area contributed by atoms with Gasteiger partial charge in [0.1, 0.15) is 11.5 Å². The summed E-state index contributed by atoms with van der Waals surface area (Å²) >= 11 is 6.20. The van der Waals surface area contributed by atoms with E-state index in [9.17, 15) is 18.0 Å². The minimum Gasteiger partial charge on any atom is -0.495 e. The molecule has 4 rings (SSSR count). The van der Waals surface area contributed by atoms with Crippen LogP contribution in [-0.4, -0.2) is 53.0 Å². The van der Waals surface area contributed by atoms with Crippen molar-refractivity contribution in [3.63, 3.8) is 0 Å². The van der Waals surface area contributed by atoms with Gasteiger partial charge in [-0.1, -0.05) is 35.9 Å². The average molecular weight is 543 g/mol. The van der Waals surface area contributed by atoms with Gasteiger partial charge in [0.15, 0.2) is 6.61 Å². The molecule has 0 aliphatic rings. The lowest BCUT2D eigenvalue weighted by Gasteiger charge is -2.23. The number of carbonyl (C=O) groups is 2. The topological polar surface area (TPSA) is 115 Å². The van der Waals surface area contributed by atoms with Crippen LogP contribution in [0.4, 0.5) is 5.69 Å². The van der Waals surface area contributed by atoms with Crippen molar-refractivity contribution >= 4 is 50.0 Å². The predicted molar refractivity (Wildman–Crippen MR) is 139 cm³/mol. The third-order valence-electron chi connectivity index (χ3n) is 5.74. The van der Waals surface area contributed by atoms with Crippen LogP contribution in [0.5, 0.6) is 11.5 Å². The van der Waals surface area contributed by atoms with Crippen molar-refractivity contribution in [3.8, 4) is 11.5 Å². The Morgan fingerprint density at radius 3 is 2.43 bits per heavy atom. The zero-order valence-electron chi connectivity index (χ0n) is 20.1. The normalized spacial score (nSPS) is 11.2. The second-order valence-corrected chi connectivity index (χ2v) is 10.3. The van der Waals surface area contributed by atoms with E-state index in [1.54, 1.807) is 18.3 Å². The standard InChI is InChI=1S/C26H23ClN2O7S/c1-29(22-12-20(27)24(34-2)13-25(22)35-3)37(32,33)17-8-6-7-16(11-17)26(31)36-15-23(30)19-14-28-21-10-5-4-9-18(19)21/h4-14,28H,15H2,1-3H3. The van der Waals surface area contributed by atoms with Crippen molar-refractivity contribution in [1.29, 1.82) is 0 Å². The molecule has 1 aromatic heterocycles. The van der Waals surface area contributed by atoms with Crippen LogP contribution in [0.25, 0.3) is 10.9 Å². The van der Waals surface area contributed by atoms with E-state index in [1.165, 1.54) is 57.7 Å². The van der Waals surface area contributed by atoms with Gasteiger partial charge in [0.25, 0.3) is 10.0 Å². The van der Waals surface area contributed by atoms with E-state index in [0.29, 0.717) is 16.7 Å². The Bertz CT molecular complexity index is 1600. The molecule has 0 aliphatic carbocycles. The number of para-hydroxylation sites is 1. The minimum atomic E-state index is -4.13. The van der Waals surface area contributed by atoms with Gasteiger partial charge in [-0.25, -0.2) is 13.2 Å². The van der Waals surface area contributed by atoms with Gasteiger partial charge in [0.05, 0.1) is 35.4 Å². The lowest BCUT2D eigenvalue weighted by Crippen LogP contribution is -2.27. The number of ketones is 1. The first-order valence-electron chi connectivity index (χ1n) is 10.9. The molecular weight excluding hydrogens is 520 g/mol. The molecule has 0 spiro atoms. The number of aromatic nitrogens is 1. The van der Waals surface area contributed by atoms with Crippen LogP contribution in [0, 0.1) is 0 Å². The Morgan fingerprint density at radius 1 is 0.973 bits per heavy atom. The average Bonchev–Trinajstić information content (AvgIpc) is 3.35. The third-order valence-corrected chi connectivity index (χ3v) is 7.81. The van der Waals surface area contributed by atoms with Crippen LogP contribution in [0.3, 0.4) is 0 Å². The summed E-state index contributed by atoms with van der Waals surface area (Å²) in [6.07, 6.45) is 1.56. The number of hydrogen-bond donors (Lipinski definition) is 1. The smallest absolute Gasteiger partial charge is 0.338 e. The number of nitrogens with zero attached hydrogens (tertiary/aromatic N) is 1. The Kier molecular flexibility index (Phi) is 7.42. The van der Waals surface area contributed by atoms with Crippen LogP contribution in [0.1, 0.15) is 20.7 Å². The molecule has 192 valence electrons. The van der Waals surface area contributed by atoms with Gasteiger partial charge in [-0.2, -0.15) is 0 Å². The molecule has 0 bridgehead atoms. The monoisotopic (exact) mass is 542 g/mol. The van der Waals surface area contributed by atoms with Crippen molar-refractivity contribution in [1.82, 2.24) is 4.98 Å². The van der Waals surface area contributed by atoms with Crippen LogP contribution in [0.15, 0.2) is 71.8 Å². The molecule has 0 aliphatic heterocycles. The summed E-state index contributed by atoms with van der Waals surface area (Å²) in [6.45, 7) is -0.501. The first-order chi connectivity index (χ1) is 17.7. The number of benzene rings is 3. The molecule has 1 heterocycles. The number of ether oxygens (including phenoxy) is 3. The van der Waals surface area contributed by atoms with E-state index in [2.05, 4.69) is 4.98 Å². The summed E-state index contributed by atoms with van der Waals surface area (Å²) in [4.78, 5) is 28.1. The first-order valence-corrected chi connectivity index (χ1v) is 12.8. The molecule has 9 nitrogen and oxygen atoms in total. The molecule has 0 saturated heterocycles. The SMILES string of the molecule is COc1cc(OC)c(N(C)S(=O)(=O)c2cccc(C(=O)OCC(=O)c3c[nH]c4ccccc34)c2)cc1Cl. The highest BCUT2D eigenvalue weighted by atomic mass is 35.5. The number of hydrogen-bond acceptors (Lipinski definition) is 7. The molecule has 0 fully saturated rings. The van der Waals surface area contributed by atoms with Gasteiger partial charge in [0, 0.05) is 35.8 Å². The van der Waals surface area contributed by atoms with E-state index in [4.69, 9.17) is 25.8 Å². The Hall–Kier alpha value is -4.02. The van der Waals surface area contributed by atoms with Crippen molar-refractivity contribution < 1.29 is 32.2 Å². The lowest BCUT2D eigenvalue weighted by atomic mass is 10.1. The fraction of sp³-hybridized carbons (Fsp3) is 0.154. The van der Waals surface area contributed by atoms with E-state index < -0.39 is 28.4 Å². The summed E-state index contributed by atoms with van der Waals surface area (Å²) in [7, 11) is 0.0209. The second kappa shape index (κ2) is 10.5. The molecule has 0 atom stereocenters. The molecule has 0 unspecified atom stereocenters. The van der Waals surface area contributed by atoms with E-state index in [-0.39, 0.29) is 26.9 Å². The second-order valence-electron chi connectivity index (χ2n) is 7.91. The molecule has 0 saturated carbocycles. The fourth-order valence-electron chi connectivity index (χ4n) is 3.76. The van der Waals surface area contributed by atoms with Gasteiger partial charge in [-0.05, 0) is 30.3 Å². The number of fused-ring (bicyclic) bond motifs is 1. The minimum absolute atomic E-state index is 0.0269. The molecule has 37 heavy (non-hydrogen) atoms. The number of H-pyrrole nitrogens is 1. The summed E-state index contributed by atoms with van der Waals surface area (Å²) < 4.78 is 43.4. The summed E-state index contributed by atoms with van der Waals surface area (Å²) in [6, 6.07) is 15.5. The first kappa shape index (κ1) is 26.1. The van der Waals surface area contributed by atoms with Crippen LogP contribution in [0.2, 0.25) is 5.02 Å². The molecule has 0 amide bonds. The molecular formula is C26H23ClN2O7S. The number of nitrogens with one attached hydrogen (secondary N) is 1. The summed E-state index contributed by atoms with van der Waals surface area (Å²) in [5.41, 5.74) is 1.33. The number of Topliss-reactive ketones (excluding diaryl/α,β-unsaturated/α-hetero) is 1. The zero-order chi connectivity index (χ0) is 26.7. The quantitative estimate of drug-likeness (QED) is 0.241. The maximum absolute atomic E-state index is 13.4. The third kappa shape index (κ3) is 5.11. The summed E-state index contributed by atoms with van der Waals surface area (Å²) in [5.74, 6) is -0.686. The number of sulfonamides is 1. The van der Waals surface area contributed by atoms with Crippen LogP contribution in [-0.2, 0) is 14.8 Å². The zero-order valence-corrected chi connectivity index (χ0v) is 21.7. The lowest BCUT2D eigenvalue weighted by molar-refractivity contribution is 0.0475. The number of esters is 1. The predicted octanol–water partition coefficient (Wildman–Crippen LogP) is 4.70. The van der Waals surface area contributed by atoms with E-state index in [1.807, 2.05) is 12.1 Å². The Labute approximate surface area is 218 Å². The molecule has 11 heteroatoms.